The Hall–Kier alpha value is -1.07. The molecule has 1 aromatic carbocycles. The molecular weight excluding hydrogens is 250 g/mol. The van der Waals surface area contributed by atoms with Crippen molar-refractivity contribution in [2.45, 2.75) is 27.2 Å². The smallest absolute Gasteiger partial charge is 0.0994 e. The lowest BCUT2D eigenvalue weighted by Gasteiger charge is -2.07. The Morgan fingerprint density at radius 1 is 1.40 bits per heavy atom. The van der Waals surface area contributed by atoms with E-state index in [0.29, 0.717) is 0 Å². The molecule has 0 radical (unpaired) electrons. The number of halogens is 1. The topological polar surface area (TPSA) is 23.8 Å². The quantitative estimate of drug-likeness (QED) is 0.780. The molecule has 15 heavy (non-hydrogen) atoms. The molecule has 0 bridgehead atoms. The third-order valence-corrected chi connectivity index (χ3v) is 3.08. The van der Waals surface area contributed by atoms with Crippen molar-refractivity contribution < 1.29 is 0 Å². The molecule has 0 saturated heterocycles. The van der Waals surface area contributed by atoms with Gasteiger partial charge >= 0.3 is 0 Å². The SMILES string of the molecule is CC/C=C(/Br)c1cc(C#N)c(C)cc1C. The van der Waals surface area contributed by atoms with Gasteiger partial charge in [0.1, 0.15) is 0 Å². The Bertz CT molecular complexity index is 439. The van der Waals surface area contributed by atoms with E-state index in [1.165, 1.54) is 5.56 Å². The molecule has 0 aliphatic rings. The van der Waals surface area contributed by atoms with Gasteiger partial charge in [-0.1, -0.05) is 35.0 Å². The van der Waals surface area contributed by atoms with Crippen molar-refractivity contribution in [2.24, 2.45) is 0 Å². The molecule has 0 spiro atoms. The lowest BCUT2D eigenvalue weighted by molar-refractivity contribution is 1.23. The zero-order valence-corrected chi connectivity index (χ0v) is 10.9. The Balaban J connectivity index is 3.32. The largest absolute Gasteiger partial charge is 0.192 e. The first kappa shape index (κ1) is 12.0. The molecule has 1 aromatic rings. The van der Waals surface area contributed by atoms with Gasteiger partial charge in [-0.05, 0) is 43.0 Å². The third-order valence-electron chi connectivity index (χ3n) is 2.33. The van der Waals surface area contributed by atoms with E-state index < -0.39 is 0 Å². The summed E-state index contributed by atoms with van der Waals surface area (Å²) >= 11 is 3.54. The van der Waals surface area contributed by atoms with Crippen molar-refractivity contribution in [1.29, 1.82) is 5.26 Å². The van der Waals surface area contributed by atoms with Crippen LogP contribution in [0, 0.1) is 25.2 Å². The molecule has 0 unspecified atom stereocenters. The molecule has 0 heterocycles. The second-order valence-corrected chi connectivity index (χ2v) is 4.41. The molecule has 0 aromatic heterocycles. The average Bonchev–Trinajstić information content (AvgIpc) is 2.18. The third kappa shape index (κ3) is 2.70. The summed E-state index contributed by atoms with van der Waals surface area (Å²) in [6, 6.07) is 6.21. The van der Waals surface area contributed by atoms with E-state index in [4.69, 9.17) is 5.26 Å². The zero-order valence-electron chi connectivity index (χ0n) is 9.26. The Morgan fingerprint density at radius 3 is 2.60 bits per heavy atom. The Labute approximate surface area is 99.6 Å². The second kappa shape index (κ2) is 5.14. The molecule has 0 saturated carbocycles. The van der Waals surface area contributed by atoms with E-state index in [0.717, 1.165) is 27.6 Å². The summed E-state index contributed by atoms with van der Waals surface area (Å²) in [4.78, 5) is 0. The standard InChI is InChI=1S/C13H14BrN/c1-4-5-13(14)12-7-11(8-15)9(2)6-10(12)3/h5-7H,4H2,1-3H3/b13-5+. The lowest BCUT2D eigenvalue weighted by Crippen LogP contribution is -1.90. The van der Waals surface area contributed by atoms with Crippen LogP contribution in [0.25, 0.3) is 4.48 Å². The van der Waals surface area contributed by atoms with Gasteiger partial charge < -0.3 is 0 Å². The summed E-state index contributed by atoms with van der Waals surface area (Å²) < 4.78 is 1.07. The minimum absolute atomic E-state index is 0.747. The normalized spacial score (nSPS) is 11.3. The molecule has 2 heteroatoms. The molecule has 0 amide bonds. The van der Waals surface area contributed by atoms with Crippen LogP contribution in [-0.4, -0.2) is 0 Å². The van der Waals surface area contributed by atoms with E-state index in [2.05, 4.69) is 48.0 Å². The maximum absolute atomic E-state index is 8.96. The molecule has 0 aliphatic heterocycles. The zero-order chi connectivity index (χ0) is 11.4. The van der Waals surface area contributed by atoms with E-state index >= 15 is 0 Å². The van der Waals surface area contributed by atoms with Crippen LogP contribution in [0.5, 0.6) is 0 Å². The molecule has 0 aliphatic carbocycles. The van der Waals surface area contributed by atoms with Gasteiger partial charge in [-0.3, -0.25) is 0 Å². The number of nitriles is 1. The van der Waals surface area contributed by atoms with Gasteiger partial charge in [0.15, 0.2) is 0 Å². The van der Waals surface area contributed by atoms with E-state index in [1.807, 2.05) is 13.0 Å². The summed E-state index contributed by atoms with van der Waals surface area (Å²) in [5.41, 5.74) is 4.09. The minimum Gasteiger partial charge on any atom is -0.192 e. The Morgan fingerprint density at radius 2 is 2.07 bits per heavy atom. The van der Waals surface area contributed by atoms with E-state index in [-0.39, 0.29) is 0 Å². The number of hydrogen-bond donors (Lipinski definition) is 0. The molecule has 0 atom stereocenters. The van der Waals surface area contributed by atoms with Gasteiger partial charge in [-0.25, -0.2) is 0 Å². The number of allylic oxidation sites excluding steroid dienone is 1. The molecule has 1 rings (SSSR count). The van der Waals surface area contributed by atoms with Crippen LogP contribution < -0.4 is 0 Å². The van der Waals surface area contributed by atoms with Crippen molar-refractivity contribution >= 4 is 20.4 Å². The summed E-state index contributed by atoms with van der Waals surface area (Å²) in [6.45, 7) is 6.12. The van der Waals surface area contributed by atoms with Gasteiger partial charge in [-0.15, -0.1) is 0 Å². The van der Waals surface area contributed by atoms with Crippen molar-refractivity contribution in [1.82, 2.24) is 0 Å². The first-order valence-corrected chi connectivity index (χ1v) is 5.76. The highest BCUT2D eigenvalue weighted by Crippen LogP contribution is 2.27. The summed E-state index contributed by atoms with van der Waals surface area (Å²) in [5, 5.41) is 8.96. The molecule has 1 nitrogen and oxygen atoms in total. The van der Waals surface area contributed by atoms with Crippen LogP contribution in [0.2, 0.25) is 0 Å². The van der Waals surface area contributed by atoms with Crippen molar-refractivity contribution in [3.63, 3.8) is 0 Å². The van der Waals surface area contributed by atoms with E-state index in [9.17, 15) is 0 Å². The number of rotatable bonds is 2. The highest BCUT2D eigenvalue weighted by molar-refractivity contribution is 9.15. The van der Waals surface area contributed by atoms with Crippen molar-refractivity contribution in [2.75, 3.05) is 0 Å². The van der Waals surface area contributed by atoms with Crippen LogP contribution >= 0.6 is 15.9 Å². The maximum Gasteiger partial charge on any atom is 0.0994 e. The average molecular weight is 264 g/mol. The summed E-state index contributed by atoms with van der Waals surface area (Å²) in [7, 11) is 0. The first-order valence-electron chi connectivity index (χ1n) is 4.97. The van der Waals surface area contributed by atoms with Crippen LogP contribution in [0.4, 0.5) is 0 Å². The number of hydrogen-bond acceptors (Lipinski definition) is 1. The highest BCUT2D eigenvalue weighted by Gasteiger charge is 2.06. The van der Waals surface area contributed by atoms with E-state index in [1.54, 1.807) is 0 Å². The number of aryl methyl sites for hydroxylation is 2. The van der Waals surface area contributed by atoms with Gasteiger partial charge in [-0.2, -0.15) is 5.26 Å². The summed E-state index contributed by atoms with van der Waals surface area (Å²) in [6.07, 6.45) is 3.09. The fraction of sp³-hybridized carbons (Fsp3) is 0.308. The predicted molar refractivity (Wildman–Crippen MR) is 67.8 cm³/mol. The highest BCUT2D eigenvalue weighted by atomic mass is 79.9. The van der Waals surface area contributed by atoms with Crippen LogP contribution in [0.1, 0.15) is 35.6 Å². The molecular formula is C13H14BrN. The van der Waals surface area contributed by atoms with Crippen molar-refractivity contribution in [3.05, 3.63) is 40.5 Å². The maximum atomic E-state index is 8.96. The second-order valence-electron chi connectivity index (χ2n) is 3.55. The molecule has 0 fully saturated rings. The fourth-order valence-electron chi connectivity index (χ4n) is 1.52. The van der Waals surface area contributed by atoms with Gasteiger partial charge in [0, 0.05) is 4.48 Å². The predicted octanol–water partition coefficient (Wildman–Crippen LogP) is 4.32. The number of nitrogens with zero attached hydrogens (tertiary/aromatic N) is 1. The van der Waals surface area contributed by atoms with Gasteiger partial charge in [0.05, 0.1) is 11.6 Å². The van der Waals surface area contributed by atoms with Crippen molar-refractivity contribution in [3.8, 4) is 6.07 Å². The monoisotopic (exact) mass is 263 g/mol. The lowest BCUT2D eigenvalue weighted by atomic mass is 10.00. The molecule has 0 N–H and O–H groups in total. The molecule has 78 valence electrons. The first-order chi connectivity index (χ1) is 7.10. The van der Waals surface area contributed by atoms with Crippen LogP contribution in [0.15, 0.2) is 18.2 Å². The fourth-order valence-corrected chi connectivity index (χ4v) is 2.27. The summed E-state index contributed by atoms with van der Waals surface area (Å²) in [5.74, 6) is 0. The van der Waals surface area contributed by atoms with Crippen LogP contribution in [0.3, 0.4) is 0 Å². The Kier molecular flexibility index (Phi) is 4.11. The minimum atomic E-state index is 0.747. The van der Waals surface area contributed by atoms with Gasteiger partial charge in [0.2, 0.25) is 0 Å². The van der Waals surface area contributed by atoms with Gasteiger partial charge in [0.25, 0.3) is 0 Å². The number of benzene rings is 1. The van der Waals surface area contributed by atoms with Crippen LogP contribution in [-0.2, 0) is 0 Å².